The number of para-hydroxylation sites is 2. The predicted molar refractivity (Wildman–Crippen MR) is 114 cm³/mol. The number of hydrogen-bond donors (Lipinski definition) is 0. The van der Waals surface area contributed by atoms with Gasteiger partial charge in [0.2, 0.25) is 0 Å². The Kier molecular flexibility index (Phi) is 5.20. The fraction of sp³-hybridized carbons (Fsp3) is 0.208. The highest BCUT2D eigenvalue weighted by atomic mass is 15.3. The molecule has 1 heterocycles. The van der Waals surface area contributed by atoms with Gasteiger partial charge in [-0.3, -0.25) is 0 Å². The van der Waals surface area contributed by atoms with Crippen molar-refractivity contribution in [2.24, 2.45) is 4.99 Å². The lowest BCUT2D eigenvalue weighted by atomic mass is 10.1. The molecule has 3 aromatic rings. The fourth-order valence-electron chi connectivity index (χ4n) is 3.52. The van der Waals surface area contributed by atoms with Gasteiger partial charge in [-0.25, -0.2) is 4.99 Å². The third kappa shape index (κ3) is 4.03. The van der Waals surface area contributed by atoms with Crippen LogP contribution in [-0.2, 0) is 0 Å². The largest absolute Gasteiger partial charge is 0.368 e. The van der Waals surface area contributed by atoms with Crippen molar-refractivity contribution in [1.82, 2.24) is 4.90 Å². The van der Waals surface area contributed by atoms with E-state index in [0.717, 1.165) is 37.7 Å². The predicted octanol–water partition coefficient (Wildman–Crippen LogP) is 4.90. The van der Waals surface area contributed by atoms with Crippen LogP contribution in [0.4, 0.5) is 11.4 Å². The van der Waals surface area contributed by atoms with Crippen LogP contribution >= 0.6 is 0 Å². The van der Waals surface area contributed by atoms with E-state index in [9.17, 15) is 0 Å². The molecule has 1 saturated heterocycles. The van der Waals surface area contributed by atoms with Gasteiger partial charge in [0.15, 0.2) is 0 Å². The first-order valence-electron chi connectivity index (χ1n) is 9.56. The van der Waals surface area contributed by atoms with Crippen LogP contribution in [0.5, 0.6) is 0 Å². The molecule has 3 aromatic carbocycles. The third-order valence-corrected chi connectivity index (χ3v) is 5.07. The van der Waals surface area contributed by atoms with Crippen LogP contribution in [0, 0.1) is 6.92 Å². The van der Waals surface area contributed by atoms with Gasteiger partial charge in [-0.1, -0.05) is 66.7 Å². The molecule has 1 aliphatic heterocycles. The lowest BCUT2D eigenvalue weighted by Gasteiger charge is -2.38. The van der Waals surface area contributed by atoms with Crippen LogP contribution in [0.3, 0.4) is 0 Å². The van der Waals surface area contributed by atoms with Crippen molar-refractivity contribution < 1.29 is 0 Å². The van der Waals surface area contributed by atoms with Crippen molar-refractivity contribution in [2.45, 2.75) is 6.92 Å². The van der Waals surface area contributed by atoms with Gasteiger partial charge in [0, 0.05) is 37.4 Å². The summed E-state index contributed by atoms with van der Waals surface area (Å²) in [5.74, 6) is 1.07. The summed E-state index contributed by atoms with van der Waals surface area (Å²) in [6.07, 6.45) is 0. The van der Waals surface area contributed by atoms with Crippen LogP contribution in [0.15, 0.2) is 89.9 Å². The Labute approximate surface area is 161 Å². The molecule has 0 N–H and O–H groups in total. The summed E-state index contributed by atoms with van der Waals surface area (Å²) in [5.41, 5.74) is 4.72. The number of piperazine rings is 1. The Bertz CT molecular complexity index is 895. The first-order chi connectivity index (χ1) is 13.3. The minimum absolute atomic E-state index is 0.967. The molecule has 0 amide bonds. The quantitative estimate of drug-likeness (QED) is 0.492. The Morgan fingerprint density at radius 2 is 1.30 bits per heavy atom. The molecule has 0 aliphatic carbocycles. The second-order valence-corrected chi connectivity index (χ2v) is 6.90. The van der Waals surface area contributed by atoms with Crippen molar-refractivity contribution in [3.05, 3.63) is 96.1 Å². The van der Waals surface area contributed by atoms with E-state index < -0.39 is 0 Å². The molecule has 0 spiro atoms. The van der Waals surface area contributed by atoms with Crippen LogP contribution in [0.1, 0.15) is 11.1 Å². The Balaban J connectivity index is 1.60. The maximum atomic E-state index is 5.07. The summed E-state index contributed by atoms with van der Waals surface area (Å²) in [5, 5.41) is 0. The molecule has 0 radical (unpaired) electrons. The number of aryl methyl sites for hydroxylation is 1. The van der Waals surface area contributed by atoms with Crippen molar-refractivity contribution in [1.29, 1.82) is 0 Å². The summed E-state index contributed by atoms with van der Waals surface area (Å²) in [6, 6.07) is 29.5. The van der Waals surface area contributed by atoms with Crippen LogP contribution in [0.2, 0.25) is 0 Å². The third-order valence-electron chi connectivity index (χ3n) is 5.07. The number of aliphatic imine (C=N–C) groups is 1. The zero-order valence-corrected chi connectivity index (χ0v) is 15.8. The van der Waals surface area contributed by atoms with E-state index in [2.05, 4.69) is 102 Å². The summed E-state index contributed by atoms with van der Waals surface area (Å²) in [7, 11) is 0. The highest BCUT2D eigenvalue weighted by molar-refractivity contribution is 6.00. The standard InChI is InChI=1S/C24H25N3/c1-20-10-8-9-15-23(20)25-24(21-11-4-2-5-12-21)27-18-16-26(17-19-27)22-13-6-3-7-14-22/h2-15H,16-19H2,1H3. The summed E-state index contributed by atoms with van der Waals surface area (Å²) in [4.78, 5) is 9.94. The van der Waals surface area contributed by atoms with Gasteiger partial charge in [-0.2, -0.15) is 0 Å². The number of rotatable bonds is 3. The van der Waals surface area contributed by atoms with Crippen molar-refractivity contribution in [3.8, 4) is 0 Å². The zero-order valence-electron chi connectivity index (χ0n) is 15.8. The topological polar surface area (TPSA) is 18.8 Å². The van der Waals surface area contributed by atoms with Crippen molar-refractivity contribution in [2.75, 3.05) is 31.1 Å². The average Bonchev–Trinajstić information content (AvgIpc) is 2.75. The molecule has 136 valence electrons. The fourth-order valence-corrected chi connectivity index (χ4v) is 3.52. The minimum atomic E-state index is 0.967. The molecule has 1 aliphatic rings. The average molecular weight is 355 g/mol. The van der Waals surface area contributed by atoms with Crippen molar-refractivity contribution >= 4 is 17.2 Å². The minimum Gasteiger partial charge on any atom is -0.368 e. The molecule has 0 saturated carbocycles. The molecule has 4 rings (SSSR count). The summed E-state index contributed by atoms with van der Waals surface area (Å²) >= 11 is 0. The number of nitrogens with zero attached hydrogens (tertiary/aromatic N) is 3. The SMILES string of the molecule is Cc1ccccc1N=C(c1ccccc1)N1CCN(c2ccccc2)CC1. The number of amidine groups is 1. The van der Waals surface area contributed by atoms with Gasteiger partial charge < -0.3 is 9.80 Å². The molecule has 0 bridgehead atoms. The van der Waals surface area contributed by atoms with E-state index in [1.807, 2.05) is 0 Å². The van der Waals surface area contributed by atoms with Gasteiger partial charge in [-0.05, 0) is 30.7 Å². The van der Waals surface area contributed by atoms with E-state index in [-0.39, 0.29) is 0 Å². The van der Waals surface area contributed by atoms with Crippen LogP contribution in [-0.4, -0.2) is 36.9 Å². The zero-order chi connectivity index (χ0) is 18.5. The molecular formula is C24H25N3. The molecule has 3 nitrogen and oxygen atoms in total. The first kappa shape index (κ1) is 17.3. The molecule has 27 heavy (non-hydrogen) atoms. The molecule has 1 fully saturated rings. The molecule has 0 unspecified atom stereocenters. The van der Waals surface area contributed by atoms with Crippen LogP contribution < -0.4 is 4.90 Å². The van der Waals surface area contributed by atoms with E-state index in [1.54, 1.807) is 0 Å². The monoisotopic (exact) mass is 355 g/mol. The van der Waals surface area contributed by atoms with Crippen LogP contribution in [0.25, 0.3) is 0 Å². The smallest absolute Gasteiger partial charge is 0.136 e. The van der Waals surface area contributed by atoms with E-state index in [0.29, 0.717) is 0 Å². The summed E-state index contributed by atoms with van der Waals surface area (Å²) in [6.45, 7) is 6.06. The Hall–Kier alpha value is -3.07. The molecule has 0 atom stereocenters. The van der Waals surface area contributed by atoms with Gasteiger partial charge >= 0.3 is 0 Å². The van der Waals surface area contributed by atoms with Gasteiger partial charge in [0.25, 0.3) is 0 Å². The van der Waals surface area contributed by atoms with E-state index in [1.165, 1.54) is 16.8 Å². The lowest BCUT2D eigenvalue weighted by Crippen LogP contribution is -2.49. The van der Waals surface area contributed by atoms with Crippen molar-refractivity contribution in [3.63, 3.8) is 0 Å². The van der Waals surface area contributed by atoms with Gasteiger partial charge in [-0.15, -0.1) is 0 Å². The van der Waals surface area contributed by atoms with Gasteiger partial charge in [0.05, 0.1) is 5.69 Å². The maximum absolute atomic E-state index is 5.07. The Morgan fingerprint density at radius 3 is 1.96 bits per heavy atom. The summed E-state index contributed by atoms with van der Waals surface area (Å²) < 4.78 is 0. The number of anilines is 1. The highest BCUT2D eigenvalue weighted by Gasteiger charge is 2.21. The van der Waals surface area contributed by atoms with E-state index >= 15 is 0 Å². The maximum Gasteiger partial charge on any atom is 0.136 e. The van der Waals surface area contributed by atoms with E-state index in [4.69, 9.17) is 4.99 Å². The molecular weight excluding hydrogens is 330 g/mol. The highest BCUT2D eigenvalue weighted by Crippen LogP contribution is 2.22. The molecule has 0 aromatic heterocycles. The number of benzene rings is 3. The Morgan fingerprint density at radius 1 is 0.704 bits per heavy atom. The lowest BCUT2D eigenvalue weighted by molar-refractivity contribution is 0.386. The first-order valence-corrected chi connectivity index (χ1v) is 9.56. The normalized spacial score (nSPS) is 15.1. The van der Waals surface area contributed by atoms with Gasteiger partial charge in [0.1, 0.15) is 5.84 Å². The second kappa shape index (κ2) is 8.09. The number of hydrogen-bond acceptors (Lipinski definition) is 2. The second-order valence-electron chi connectivity index (χ2n) is 6.90. The molecule has 3 heteroatoms.